The molecule has 13 nitrogen and oxygen atoms in total. The van der Waals surface area contributed by atoms with Gasteiger partial charge in [-0.05, 0) is 86.9 Å². The molecular weight excluding hydrogens is 684 g/mol. The molecule has 3 aromatic heterocycles. The van der Waals surface area contributed by atoms with E-state index in [0.717, 1.165) is 44.0 Å². The van der Waals surface area contributed by atoms with E-state index in [9.17, 15) is 14.4 Å². The zero-order valence-corrected chi connectivity index (χ0v) is 29.4. The minimum atomic E-state index is -0.737. The largest absolute Gasteiger partial charge is 0.496 e. The fraction of sp³-hybridized carbons (Fsp3) is 0.421. The molecule has 2 aliphatic heterocycles. The van der Waals surface area contributed by atoms with Crippen molar-refractivity contribution in [1.82, 2.24) is 39.9 Å². The molecule has 15 heteroatoms. The zero-order valence-electron chi connectivity index (χ0n) is 29.4. The van der Waals surface area contributed by atoms with E-state index in [4.69, 9.17) is 4.74 Å². The second-order valence-electron chi connectivity index (χ2n) is 14.2. The van der Waals surface area contributed by atoms with Crippen LogP contribution in [0.2, 0.25) is 0 Å². The summed E-state index contributed by atoms with van der Waals surface area (Å²) in [5.41, 5.74) is 2.05. The van der Waals surface area contributed by atoms with Crippen molar-refractivity contribution in [3.63, 3.8) is 0 Å². The van der Waals surface area contributed by atoms with Crippen LogP contribution in [0.5, 0.6) is 5.75 Å². The number of nitrogens with zero attached hydrogens (tertiary/aromatic N) is 7. The SMILES string of the molecule is COc1cc2nn(-c3cnc4cccnn34)cc2cc1C(=O)NC1CCC(CCN2CCN(c3c(F)cc(C4CCC(=O)NC4=O)cc3F)CC2)CC1. The highest BCUT2D eigenvalue weighted by Crippen LogP contribution is 2.33. The van der Waals surface area contributed by atoms with Crippen LogP contribution in [-0.4, -0.2) is 92.9 Å². The van der Waals surface area contributed by atoms with E-state index in [2.05, 4.69) is 30.7 Å². The van der Waals surface area contributed by atoms with Gasteiger partial charge in [0.05, 0.1) is 30.3 Å². The lowest BCUT2D eigenvalue weighted by atomic mass is 9.84. The summed E-state index contributed by atoms with van der Waals surface area (Å²) in [5, 5.41) is 15.3. The molecule has 2 saturated heterocycles. The molecule has 1 saturated carbocycles. The number of amides is 3. The third kappa shape index (κ3) is 7.04. The van der Waals surface area contributed by atoms with Gasteiger partial charge < -0.3 is 15.0 Å². The monoisotopic (exact) mass is 725 g/mol. The van der Waals surface area contributed by atoms with Crippen molar-refractivity contribution in [2.75, 3.05) is 44.7 Å². The first kappa shape index (κ1) is 34.6. The molecule has 53 heavy (non-hydrogen) atoms. The van der Waals surface area contributed by atoms with Gasteiger partial charge in [0.1, 0.15) is 23.1 Å². The van der Waals surface area contributed by atoms with Crippen LogP contribution in [0.15, 0.2) is 55.0 Å². The fourth-order valence-electron chi connectivity index (χ4n) is 8.01. The molecular formula is C38H41F2N9O4. The van der Waals surface area contributed by atoms with E-state index < -0.39 is 23.5 Å². The van der Waals surface area contributed by atoms with Gasteiger partial charge in [0.25, 0.3) is 5.91 Å². The molecule has 2 aromatic carbocycles. The van der Waals surface area contributed by atoms with Crippen molar-refractivity contribution in [3.8, 4) is 11.6 Å². The van der Waals surface area contributed by atoms with Crippen molar-refractivity contribution >= 4 is 40.0 Å². The molecule has 2 N–H and O–H groups in total. The van der Waals surface area contributed by atoms with E-state index in [1.165, 1.54) is 12.1 Å². The lowest BCUT2D eigenvalue weighted by Gasteiger charge is -2.37. The summed E-state index contributed by atoms with van der Waals surface area (Å²) in [6, 6.07) is 9.82. The number of anilines is 1. The lowest BCUT2D eigenvalue weighted by molar-refractivity contribution is -0.134. The molecule has 0 bridgehead atoms. The second-order valence-corrected chi connectivity index (χ2v) is 14.2. The predicted octanol–water partition coefficient (Wildman–Crippen LogP) is 4.38. The average molecular weight is 726 g/mol. The molecule has 5 aromatic rings. The number of imide groups is 1. The topological polar surface area (TPSA) is 139 Å². The van der Waals surface area contributed by atoms with Crippen LogP contribution in [0, 0.1) is 17.6 Å². The number of hydrogen-bond acceptors (Lipinski definition) is 9. The van der Waals surface area contributed by atoms with Crippen LogP contribution in [0.3, 0.4) is 0 Å². The van der Waals surface area contributed by atoms with E-state index in [1.54, 1.807) is 39.7 Å². The second kappa shape index (κ2) is 14.5. The van der Waals surface area contributed by atoms with Gasteiger partial charge in [0.2, 0.25) is 11.8 Å². The summed E-state index contributed by atoms with van der Waals surface area (Å²) in [5.74, 6) is -1.48. The number of halogens is 2. The molecule has 276 valence electrons. The fourth-order valence-corrected chi connectivity index (χ4v) is 8.01. The van der Waals surface area contributed by atoms with Crippen molar-refractivity contribution in [1.29, 1.82) is 0 Å². The number of piperazine rings is 1. The minimum absolute atomic E-state index is 0.0606. The first-order chi connectivity index (χ1) is 25.7. The third-order valence-electron chi connectivity index (χ3n) is 11.0. The zero-order chi connectivity index (χ0) is 36.6. The summed E-state index contributed by atoms with van der Waals surface area (Å²) in [6.07, 6.45) is 10.5. The Bertz CT molecular complexity index is 2160. The Labute approximate surface area is 304 Å². The number of benzene rings is 2. The summed E-state index contributed by atoms with van der Waals surface area (Å²) in [4.78, 5) is 45.7. The first-order valence-corrected chi connectivity index (χ1v) is 18.2. The number of nitrogens with one attached hydrogen (secondary N) is 2. The number of rotatable bonds is 9. The van der Waals surface area contributed by atoms with Crippen LogP contribution >= 0.6 is 0 Å². The number of carbonyl (C=O) groups is 3. The Morgan fingerprint density at radius 1 is 1.02 bits per heavy atom. The Morgan fingerprint density at radius 2 is 1.79 bits per heavy atom. The van der Waals surface area contributed by atoms with Gasteiger partial charge in [0, 0.05) is 62.5 Å². The highest BCUT2D eigenvalue weighted by atomic mass is 19.1. The van der Waals surface area contributed by atoms with Gasteiger partial charge >= 0.3 is 0 Å². The molecule has 1 aliphatic carbocycles. The van der Waals surface area contributed by atoms with E-state index >= 15 is 8.78 Å². The molecule has 0 spiro atoms. The van der Waals surface area contributed by atoms with Crippen LogP contribution in [-0.2, 0) is 9.59 Å². The summed E-state index contributed by atoms with van der Waals surface area (Å²) in [7, 11) is 1.55. The number of piperidine rings is 1. The van der Waals surface area contributed by atoms with Crippen LogP contribution in [0.25, 0.3) is 22.4 Å². The number of carbonyl (C=O) groups excluding carboxylic acids is 3. The quantitative estimate of drug-likeness (QED) is 0.212. The van der Waals surface area contributed by atoms with Gasteiger partial charge in [-0.1, -0.05) is 0 Å². The Kier molecular flexibility index (Phi) is 9.49. The molecule has 5 heterocycles. The van der Waals surface area contributed by atoms with Gasteiger partial charge in [-0.2, -0.15) is 14.7 Å². The van der Waals surface area contributed by atoms with E-state index in [-0.39, 0.29) is 41.9 Å². The average Bonchev–Trinajstić information content (AvgIpc) is 3.78. The normalized spacial score (nSPS) is 21.3. The summed E-state index contributed by atoms with van der Waals surface area (Å²) < 4.78 is 39.4. The molecule has 1 atom stereocenters. The summed E-state index contributed by atoms with van der Waals surface area (Å²) in [6.45, 7) is 3.29. The number of imidazole rings is 1. The van der Waals surface area contributed by atoms with Gasteiger partial charge in [-0.25, -0.2) is 18.4 Å². The Morgan fingerprint density at radius 3 is 2.53 bits per heavy atom. The molecule has 3 amide bonds. The number of methoxy groups -OCH3 is 1. The minimum Gasteiger partial charge on any atom is -0.496 e. The molecule has 3 fully saturated rings. The maximum Gasteiger partial charge on any atom is 0.255 e. The highest BCUT2D eigenvalue weighted by Gasteiger charge is 2.31. The van der Waals surface area contributed by atoms with E-state index in [0.29, 0.717) is 60.4 Å². The lowest BCUT2D eigenvalue weighted by Crippen LogP contribution is -2.47. The molecule has 0 radical (unpaired) electrons. The van der Waals surface area contributed by atoms with Crippen LogP contribution in [0.1, 0.15) is 66.8 Å². The molecule has 8 rings (SSSR count). The Balaban J connectivity index is 0.814. The number of fused-ring (bicyclic) bond motifs is 2. The Hall–Kier alpha value is -5.44. The maximum atomic E-state index is 15.2. The third-order valence-corrected chi connectivity index (χ3v) is 11.0. The number of aromatic nitrogens is 5. The van der Waals surface area contributed by atoms with Crippen LogP contribution < -0.4 is 20.3 Å². The highest BCUT2D eigenvalue weighted by molar-refractivity contribution is 6.01. The number of ether oxygens (including phenoxy) is 1. The van der Waals surface area contributed by atoms with Crippen molar-refractivity contribution in [2.45, 2.75) is 56.9 Å². The van der Waals surface area contributed by atoms with E-state index in [1.807, 2.05) is 24.4 Å². The maximum absolute atomic E-state index is 15.2. The molecule has 3 aliphatic rings. The van der Waals surface area contributed by atoms with Crippen LogP contribution in [0.4, 0.5) is 14.5 Å². The van der Waals surface area contributed by atoms with Crippen molar-refractivity contribution in [2.24, 2.45) is 5.92 Å². The van der Waals surface area contributed by atoms with Crippen molar-refractivity contribution in [3.05, 3.63) is 77.8 Å². The first-order valence-electron chi connectivity index (χ1n) is 18.2. The predicted molar refractivity (Wildman–Crippen MR) is 192 cm³/mol. The van der Waals surface area contributed by atoms with Gasteiger partial charge in [-0.15, -0.1) is 0 Å². The van der Waals surface area contributed by atoms with Crippen molar-refractivity contribution < 1.29 is 27.9 Å². The van der Waals surface area contributed by atoms with Gasteiger partial charge in [0.15, 0.2) is 11.5 Å². The smallest absolute Gasteiger partial charge is 0.255 e. The summed E-state index contributed by atoms with van der Waals surface area (Å²) >= 11 is 0. The standard InChI is InChI=1S/C38H41F2N9O4/c1-53-32-20-31-25(22-48(45-31)35-21-41-33-3-2-11-42-49(33)35)17-28(32)38(52)43-26-6-4-23(5-7-26)10-12-46-13-15-47(16-14-46)36-29(39)18-24(19-30(36)40)27-8-9-34(50)44-37(27)51/h2-3,11,17-23,26-27H,4-10,12-16H2,1H3,(H,43,52)(H,44,50,51). The van der Waals surface area contributed by atoms with Gasteiger partial charge in [-0.3, -0.25) is 24.6 Å². The number of hydrogen-bond donors (Lipinski definition) is 2. The molecule has 1 unspecified atom stereocenters.